The number of carbonyl (C=O) groups excluding carboxylic acids is 1. The summed E-state index contributed by atoms with van der Waals surface area (Å²) in [5, 5.41) is 4.12. The summed E-state index contributed by atoms with van der Waals surface area (Å²) >= 11 is 0. The first-order chi connectivity index (χ1) is 11.0. The maximum absolute atomic E-state index is 12.6. The van der Waals surface area contributed by atoms with E-state index < -0.39 is 16.1 Å². The highest BCUT2D eigenvalue weighted by Gasteiger charge is 2.37. The van der Waals surface area contributed by atoms with Crippen molar-refractivity contribution >= 4 is 28.3 Å². The molecule has 144 valence electrons. The second kappa shape index (κ2) is 7.61. The number of likely N-dealkylation sites (tertiary alicyclic amines) is 1. The van der Waals surface area contributed by atoms with Gasteiger partial charge in [-0.05, 0) is 39.2 Å². The minimum absolute atomic E-state index is 0. The smallest absolute Gasteiger partial charge is 0.244 e. The fourth-order valence-corrected chi connectivity index (χ4v) is 4.77. The Morgan fingerprint density at radius 3 is 2.48 bits per heavy atom. The highest BCUT2D eigenvalue weighted by atomic mass is 35.5. The van der Waals surface area contributed by atoms with Crippen LogP contribution in [0.5, 0.6) is 0 Å². The van der Waals surface area contributed by atoms with Crippen LogP contribution in [0.15, 0.2) is 4.90 Å². The molecule has 2 unspecified atom stereocenters. The molecule has 25 heavy (non-hydrogen) atoms. The van der Waals surface area contributed by atoms with Crippen molar-refractivity contribution in [3.05, 3.63) is 11.4 Å². The minimum Gasteiger partial charge on any atom is -0.341 e. The lowest BCUT2D eigenvalue weighted by molar-refractivity contribution is -0.131. The molecule has 2 rings (SSSR count). The van der Waals surface area contributed by atoms with Gasteiger partial charge in [0.2, 0.25) is 15.9 Å². The van der Waals surface area contributed by atoms with Crippen molar-refractivity contribution in [2.45, 2.75) is 45.1 Å². The van der Waals surface area contributed by atoms with Gasteiger partial charge in [0.15, 0.2) is 0 Å². The number of rotatable bonds is 5. The van der Waals surface area contributed by atoms with E-state index in [9.17, 15) is 13.2 Å². The number of nitrogens with one attached hydrogen (secondary N) is 1. The monoisotopic (exact) mass is 393 g/mol. The van der Waals surface area contributed by atoms with Crippen LogP contribution in [0.4, 0.5) is 0 Å². The first-order valence-electron chi connectivity index (χ1n) is 8.02. The van der Waals surface area contributed by atoms with E-state index in [1.165, 1.54) is 4.68 Å². The molecular weight excluding hydrogens is 366 g/mol. The van der Waals surface area contributed by atoms with Crippen LogP contribution in [0.2, 0.25) is 0 Å². The highest BCUT2D eigenvalue weighted by molar-refractivity contribution is 7.89. The van der Waals surface area contributed by atoms with Gasteiger partial charge in [-0.15, -0.1) is 12.4 Å². The maximum atomic E-state index is 12.6. The van der Waals surface area contributed by atoms with Gasteiger partial charge in [-0.3, -0.25) is 9.48 Å². The third-order valence-electron chi connectivity index (χ3n) is 4.78. The summed E-state index contributed by atoms with van der Waals surface area (Å²) in [5.74, 6) is -0.227. The molecule has 1 aromatic rings. The van der Waals surface area contributed by atoms with Gasteiger partial charge in [-0.2, -0.15) is 9.82 Å². The van der Waals surface area contributed by atoms with Crippen LogP contribution in [0, 0.1) is 19.3 Å². The molecule has 0 bridgehead atoms. The lowest BCUT2D eigenvalue weighted by atomic mass is 9.90. The van der Waals surface area contributed by atoms with Crippen molar-refractivity contribution in [1.82, 2.24) is 19.4 Å². The number of halogens is 1. The molecular formula is C15H28ClN5O3S. The summed E-state index contributed by atoms with van der Waals surface area (Å²) in [5.41, 5.74) is 6.62. The Bertz CT molecular complexity index is 749. The number of nitrogens with two attached hydrogens (primary N) is 1. The van der Waals surface area contributed by atoms with Crippen LogP contribution < -0.4 is 10.5 Å². The van der Waals surface area contributed by atoms with Gasteiger partial charge in [0.1, 0.15) is 4.90 Å². The predicted molar refractivity (Wildman–Crippen MR) is 98.1 cm³/mol. The number of hydrogen-bond acceptors (Lipinski definition) is 5. The normalized spacial score (nSPS) is 21.9. The van der Waals surface area contributed by atoms with Crippen LogP contribution in [0.1, 0.15) is 31.7 Å². The molecule has 1 aromatic heterocycles. The molecule has 1 fully saturated rings. The van der Waals surface area contributed by atoms with Gasteiger partial charge in [0.25, 0.3) is 0 Å². The van der Waals surface area contributed by atoms with E-state index in [-0.39, 0.29) is 28.6 Å². The molecule has 2 heterocycles. The Morgan fingerprint density at radius 2 is 2.04 bits per heavy atom. The molecule has 3 N–H and O–H groups in total. The van der Waals surface area contributed by atoms with Crippen molar-refractivity contribution < 1.29 is 13.2 Å². The Morgan fingerprint density at radius 1 is 1.44 bits per heavy atom. The molecule has 10 heteroatoms. The Balaban J connectivity index is 0.00000312. The first-order valence-corrected chi connectivity index (χ1v) is 9.50. The molecule has 1 aliphatic heterocycles. The first kappa shape index (κ1) is 21.9. The standard InChI is InChI=1S/C15H27N5O3S.ClH/c1-10-13(12(3)19(5)17-10)24(22,23)18-11(2)14(21)20-7-6-15(4,8-16)9-20;/h11,18H,6-9,16H2,1-5H3;1H. The van der Waals surface area contributed by atoms with Crippen molar-refractivity contribution in [3.63, 3.8) is 0 Å². The van der Waals surface area contributed by atoms with Crippen LogP contribution in [-0.4, -0.2) is 54.7 Å². The third kappa shape index (κ3) is 4.33. The molecule has 0 saturated carbocycles. The summed E-state index contributed by atoms with van der Waals surface area (Å²) in [7, 11) is -2.13. The molecule has 1 aliphatic rings. The van der Waals surface area contributed by atoms with E-state index in [2.05, 4.69) is 9.82 Å². The molecule has 1 amide bonds. The Kier molecular flexibility index (Phi) is 6.66. The van der Waals surface area contributed by atoms with Gasteiger partial charge >= 0.3 is 0 Å². The number of hydrogen-bond donors (Lipinski definition) is 2. The average Bonchev–Trinajstić information content (AvgIpc) is 2.99. The van der Waals surface area contributed by atoms with Crippen molar-refractivity contribution in [2.75, 3.05) is 19.6 Å². The summed E-state index contributed by atoms with van der Waals surface area (Å²) in [6.07, 6.45) is 0.829. The summed E-state index contributed by atoms with van der Waals surface area (Å²) in [4.78, 5) is 14.4. The number of carbonyl (C=O) groups is 1. The highest BCUT2D eigenvalue weighted by Crippen LogP contribution is 2.29. The lowest BCUT2D eigenvalue weighted by Crippen LogP contribution is -2.47. The molecule has 1 saturated heterocycles. The average molecular weight is 394 g/mol. The van der Waals surface area contributed by atoms with Crippen LogP contribution in [-0.2, 0) is 21.9 Å². The summed E-state index contributed by atoms with van der Waals surface area (Å²) in [6, 6.07) is -0.839. The second-order valence-electron chi connectivity index (χ2n) is 6.99. The molecule has 2 atom stereocenters. The number of nitrogens with zero attached hydrogens (tertiary/aromatic N) is 3. The van der Waals surface area contributed by atoms with Crippen LogP contribution in [0.25, 0.3) is 0 Å². The van der Waals surface area contributed by atoms with Gasteiger partial charge in [0.05, 0.1) is 17.4 Å². The molecule has 0 spiro atoms. The number of aryl methyl sites for hydroxylation is 2. The maximum Gasteiger partial charge on any atom is 0.244 e. The third-order valence-corrected chi connectivity index (χ3v) is 6.57. The predicted octanol–water partition coefficient (Wildman–Crippen LogP) is 0.323. The molecule has 0 aliphatic carbocycles. The zero-order chi connectivity index (χ0) is 18.3. The molecule has 0 aromatic carbocycles. The quantitative estimate of drug-likeness (QED) is 0.748. The SMILES string of the molecule is Cc1nn(C)c(C)c1S(=O)(=O)NC(C)C(=O)N1CCC(C)(CN)C1.Cl. The van der Waals surface area contributed by atoms with E-state index in [0.29, 0.717) is 31.0 Å². The van der Waals surface area contributed by atoms with Crippen molar-refractivity contribution in [2.24, 2.45) is 18.2 Å². The zero-order valence-corrected chi connectivity index (χ0v) is 17.0. The largest absolute Gasteiger partial charge is 0.341 e. The molecule has 8 nitrogen and oxygen atoms in total. The van der Waals surface area contributed by atoms with E-state index in [0.717, 1.165) is 6.42 Å². The minimum atomic E-state index is -3.81. The summed E-state index contributed by atoms with van der Waals surface area (Å²) < 4.78 is 29.3. The topological polar surface area (TPSA) is 110 Å². The molecule has 0 radical (unpaired) electrons. The Labute approximate surface area is 155 Å². The fourth-order valence-electron chi connectivity index (χ4n) is 3.14. The van der Waals surface area contributed by atoms with E-state index in [4.69, 9.17) is 5.73 Å². The van der Waals surface area contributed by atoms with E-state index in [1.807, 2.05) is 6.92 Å². The van der Waals surface area contributed by atoms with Gasteiger partial charge in [0, 0.05) is 20.1 Å². The summed E-state index contributed by atoms with van der Waals surface area (Å²) in [6.45, 7) is 8.60. The van der Waals surface area contributed by atoms with Gasteiger partial charge in [-0.1, -0.05) is 6.92 Å². The van der Waals surface area contributed by atoms with Crippen LogP contribution in [0.3, 0.4) is 0 Å². The fraction of sp³-hybridized carbons (Fsp3) is 0.733. The number of sulfonamides is 1. The lowest BCUT2D eigenvalue weighted by Gasteiger charge is -2.25. The Hall–Kier alpha value is -1.16. The van der Waals surface area contributed by atoms with Gasteiger partial charge < -0.3 is 10.6 Å². The van der Waals surface area contributed by atoms with Crippen molar-refractivity contribution in [1.29, 1.82) is 0 Å². The van der Waals surface area contributed by atoms with Crippen molar-refractivity contribution in [3.8, 4) is 0 Å². The zero-order valence-electron chi connectivity index (χ0n) is 15.4. The van der Waals surface area contributed by atoms with E-state index >= 15 is 0 Å². The van der Waals surface area contributed by atoms with Crippen LogP contribution >= 0.6 is 12.4 Å². The van der Waals surface area contributed by atoms with Gasteiger partial charge in [-0.25, -0.2) is 8.42 Å². The number of amides is 1. The number of aromatic nitrogens is 2. The second-order valence-corrected chi connectivity index (χ2v) is 8.64. The van der Waals surface area contributed by atoms with E-state index in [1.54, 1.807) is 32.7 Å².